The van der Waals surface area contributed by atoms with Crippen LogP contribution in [0.5, 0.6) is 5.75 Å². The van der Waals surface area contributed by atoms with Crippen molar-refractivity contribution in [2.45, 2.75) is 44.5 Å². The first-order valence-electron chi connectivity index (χ1n) is 13.4. The van der Waals surface area contributed by atoms with Crippen molar-refractivity contribution in [2.24, 2.45) is 5.92 Å². The molecular weight excluding hydrogens is 613 g/mol. The summed E-state index contributed by atoms with van der Waals surface area (Å²) in [6.07, 6.45) is -3.95. The van der Waals surface area contributed by atoms with Crippen LogP contribution < -0.4 is 10.1 Å². The van der Waals surface area contributed by atoms with Gasteiger partial charge in [-0.25, -0.2) is 4.98 Å². The topological polar surface area (TPSA) is 77.5 Å². The third kappa shape index (κ3) is 6.28. The number of nitrogens with one attached hydrogen (secondary N) is 1. The van der Waals surface area contributed by atoms with E-state index in [1.807, 2.05) is 55.5 Å². The maximum absolute atomic E-state index is 14.1. The van der Waals surface area contributed by atoms with Crippen LogP contribution >= 0.6 is 15.9 Å². The second-order valence-electron chi connectivity index (χ2n) is 10.3. The van der Waals surface area contributed by atoms with E-state index in [1.54, 1.807) is 12.1 Å². The number of carbonyl (C=O) groups is 2. The van der Waals surface area contributed by atoms with Crippen molar-refractivity contribution >= 4 is 38.7 Å². The summed E-state index contributed by atoms with van der Waals surface area (Å²) in [6.45, 7) is 1.84. The zero-order chi connectivity index (χ0) is 30.0. The van der Waals surface area contributed by atoms with Gasteiger partial charge in [0.05, 0.1) is 29.8 Å². The van der Waals surface area contributed by atoms with Crippen LogP contribution in [0.1, 0.15) is 46.7 Å². The van der Waals surface area contributed by atoms with Crippen molar-refractivity contribution < 1.29 is 32.2 Å². The second kappa shape index (κ2) is 12.1. The average molecular weight is 641 g/mol. The molecule has 1 amide bonds. The molecule has 5 rings (SSSR count). The number of hydrogen-bond acceptors (Lipinski definition) is 5. The van der Waals surface area contributed by atoms with E-state index < -0.39 is 30.2 Å². The van der Waals surface area contributed by atoms with E-state index in [1.165, 1.54) is 19.2 Å². The fraction of sp³-hybridized carbons (Fsp3) is 0.281. The normalized spacial score (nSPS) is 18.9. The zero-order valence-electron chi connectivity index (χ0n) is 22.9. The predicted octanol–water partition coefficient (Wildman–Crippen LogP) is 7.73. The summed E-state index contributed by atoms with van der Waals surface area (Å²) < 4.78 is 50.0. The maximum atomic E-state index is 14.1. The number of alkyl halides is 3. The average Bonchev–Trinajstić information content (AvgIpc) is 2.96. The highest BCUT2D eigenvalue weighted by molar-refractivity contribution is 9.10. The molecular formula is C32H28BrF3N2O4. The quantitative estimate of drug-likeness (QED) is 0.218. The number of pyridine rings is 1. The van der Waals surface area contributed by atoms with Gasteiger partial charge >= 0.3 is 12.3 Å². The van der Waals surface area contributed by atoms with Gasteiger partial charge in [-0.3, -0.25) is 9.59 Å². The molecule has 1 aliphatic rings. The van der Waals surface area contributed by atoms with Gasteiger partial charge in [0.15, 0.2) is 0 Å². The molecule has 0 aliphatic heterocycles. The largest absolute Gasteiger partial charge is 0.573 e. The highest BCUT2D eigenvalue weighted by atomic mass is 79.9. The Hall–Kier alpha value is -3.92. The van der Waals surface area contributed by atoms with Crippen LogP contribution in [0, 0.1) is 12.8 Å². The van der Waals surface area contributed by atoms with Crippen molar-refractivity contribution in [3.8, 4) is 17.0 Å². The molecule has 0 saturated heterocycles. The molecule has 1 fully saturated rings. The van der Waals surface area contributed by atoms with Crippen LogP contribution in [0.25, 0.3) is 22.2 Å². The van der Waals surface area contributed by atoms with Crippen LogP contribution in [0.2, 0.25) is 0 Å². The lowest BCUT2D eigenvalue weighted by Gasteiger charge is -2.36. The standard InChI is InChI=1S/C32H28BrF3N2O4/c1-18-28(24-17-21(33)13-15-26(24)37-29(18)19-8-4-3-5-9-19)30(39)38-25-14-12-20(31(40)41-2)16-23(25)22-10-6-7-11-27(22)42-32(34,35)36/h3-11,13,15,17,20,23,25H,12,14,16H2,1-2H3,(H,38,39). The zero-order valence-corrected chi connectivity index (χ0v) is 24.5. The molecule has 1 aromatic heterocycles. The molecule has 1 saturated carbocycles. The minimum atomic E-state index is -4.90. The summed E-state index contributed by atoms with van der Waals surface area (Å²) in [5.74, 6) is -2.35. The number of halogens is 4. The minimum absolute atomic E-state index is 0.187. The number of nitrogens with zero attached hydrogens (tertiary/aromatic N) is 1. The van der Waals surface area contributed by atoms with E-state index >= 15 is 0 Å². The maximum Gasteiger partial charge on any atom is 0.573 e. The van der Waals surface area contributed by atoms with Crippen molar-refractivity contribution in [1.29, 1.82) is 0 Å². The van der Waals surface area contributed by atoms with Crippen molar-refractivity contribution in [3.05, 3.63) is 94.0 Å². The van der Waals surface area contributed by atoms with Crippen LogP contribution in [-0.4, -0.2) is 36.4 Å². The molecule has 10 heteroatoms. The van der Waals surface area contributed by atoms with E-state index in [2.05, 4.69) is 26.0 Å². The van der Waals surface area contributed by atoms with E-state index in [9.17, 15) is 22.8 Å². The number of carbonyl (C=O) groups excluding carboxylic acids is 2. The monoisotopic (exact) mass is 640 g/mol. The number of benzene rings is 3. The van der Waals surface area contributed by atoms with Crippen LogP contribution in [0.15, 0.2) is 77.3 Å². The molecule has 4 aromatic rings. The Balaban J connectivity index is 1.57. The van der Waals surface area contributed by atoms with E-state index in [-0.39, 0.29) is 23.6 Å². The molecule has 1 aliphatic carbocycles. The van der Waals surface area contributed by atoms with Gasteiger partial charge in [-0.2, -0.15) is 0 Å². The number of fused-ring (bicyclic) bond motifs is 1. The summed E-state index contributed by atoms with van der Waals surface area (Å²) >= 11 is 3.49. The van der Waals surface area contributed by atoms with Crippen LogP contribution in [0.3, 0.4) is 0 Å². The number of rotatable bonds is 6. The van der Waals surface area contributed by atoms with E-state index in [0.717, 1.165) is 10.0 Å². The summed E-state index contributed by atoms with van der Waals surface area (Å²) in [5.41, 5.74) is 3.49. The summed E-state index contributed by atoms with van der Waals surface area (Å²) in [7, 11) is 1.28. The van der Waals surface area contributed by atoms with Crippen molar-refractivity contribution in [1.82, 2.24) is 10.3 Å². The Morgan fingerprint density at radius 3 is 2.43 bits per heavy atom. The summed E-state index contributed by atoms with van der Waals surface area (Å²) in [4.78, 5) is 31.5. The molecule has 3 unspecified atom stereocenters. The number of hydrogen-bond donors (Lipinski definition) is 1. The van der Waals surface area contributed by atoms with Crippen molar-refractivity contribution in [3.63, 3.8) is 0 Å². The predicted molar refractivity (Wildman–Crippen MR) is 156 cm³/mol. The summed E-state index contributed by atoms with van der Waals surface area (Å²) in [6, 6.07) is 20.3. The molecule has 1 heterocycles. The third-order valence-electron chi connectivity index (χ3n) is 7.71. The number of para-hydroxylation sites is 1. The van der Waals surface area contributed by atoms with Gasteiger partial charge in [-0.05, 0) is 61.6 Å². The van der Waals surface area contributed by atoms with Gasteiger partial charge in [-0.15, -0.1) is 13.2 Å². The Morgan fingerprint density at radius 1 is 1.00 bits per heavy atom. The lowest BCUT2D eigenvalue weighted by molar-refractivity contribution is -0.275. The molecule has 42 heavy (non-hydrogen) atoms. The first-order valence-corrected chi connectivity index (χ1v) is 14.2. The molecule has 1 N–H and O–H groups in total. The highest BCUT2D eigenvalue weighted by Crippen LogP contribution is 2.42. The van der Waals surface area contributed by atoms with E-state index in [4.69, 9.17) is 9.72 Å². The van der Waals surface area contributed by atoms with Crippen LogP contribution in [-0.2, 0) is 9.53 Å². The fourth-order valence-corrected chi connectivity index (χ4v) is 6.17. The SMILES string of the molecule is COC(=O)C1CCC(NC(=O)c2c(C)c(-c3ccccc3)nc3ccc(Br)cc23)C(c2ccccc2OC(F)(F)F)C1. The van der Waals surface area contributed by atoms with Crippen LogP contribution in [0.4, 0.5) is 13.2 Å². The molecule has 0 bridgehead atoms. The highest BCUT2D eigenvalue weighted by Gasteiger charge is 2.40. The number of esters is 1. The van der Waals surface area contributed by atoms with E-state index in [0.29, 0.717) is 40.6 Å². The number of ether oxygens (including phenoxy) is 2. The molecule has 6 nitrogen and oxygen atoms in total. The Morgan fingerprint density at radius 2 is 1.71 bits per heavy atom. The third-order valence-corrected chi connectivity index (χ3v) is 8.20. The first-order chi connectivity index (χ1) is 20.1. The van der Waals surface area contributed by atoms with Gasteiger partial charge in [0, 0.05) is 27.4 Å². The lowest BCUT2D eigenvalue weighted by Crippen LogP contribution is -2.44. The Kier molecular flexibility index (Phi) is 8.54. The second-order valence-corrected chi connectivity index (χ2v) is 11.2. The summed E-state index contributed by atoms with van der Waals surface area (Å²) in [5, 5.41) is 3.75. The van der Waals surface area contributed by atoms with Gasteiger partial charge < -0.3 is 14.8 Å². The molecule has 3 atom stereocenters. The van der Waals surface area contributed by atoms with Crippen molar-refractivity contribution in [2.75, 3.05) is 7.11 Å². The lowest BCUT2D eigenvalue weighted by atomic mass is 9.74. The smallest absolute Gasteiger partial charge is 0.469 e. The van der Waals surface area contributed by atoms with Gasteiger partial charge in [0.25, 0.3) is 5.91 Å². The van der Waals surface area contributed by atoms with Gasteiger partial charge in [0.1, 0.15) is 5.75 Å². The van der Waals surface area contributed by atoms with Gasteiger partial charge in [-0.1, -0.05) is 64.5 Å². The molecule has 0 radical (unpaired) electrons. The Bertz CT molecular complexity index is 1630. The number of amides is 1. The fourth-order valence-electron chi connectivity index (χ4n) is 5.81. The van der Waals surface area contributed by atoms with Gasteiger partial charge in [0.2, 0.25) is 0 Å². The molecule has 0 spiro atoms. The number of aromatic nitrogens is 1. The molecule has 218 valence electrons. The first kappa shape index (κ1) is 29.6. The number of methoxy groups -OCH3 is 1. The Labute approximate surface area is 249 Å². The molecule has 3 aromatic carbocycles. The minimum Gasteiger partial charge on any atom is -0.469 e.